The van der Waals surface area contributed by atoms with Crippen LogP contribution in [0, 0.1) is 0 Å². The third-order valence-corrected chi connectivity index (χ3v) is 5.65. The molecular weight excluding hydrogens is 385 g/mol. The zero-order valence-corrected chi connectivity index (χ0v) is 16.3. The van der Waals surface area contributed by atoms with Gasteiger partial charge in [-0.1, -0.05) is 30.3 Å². The molecular formula is C17H22N5O5P. The van der Waals surface area contributed by atoms with Crippen LogP contribution >= 0.6 is 7.60 Å². The summed E-state index contributed by atoms with van der Waals surface area (Å²) in [6.45, 7) is 0.811. The van der Waals surface area contributed by atoms with Gasteiger partial charge < -0.3 is 24.1 Å². The van der Waals surface area contributed by atoms with E-state index in [2.05, 4.69) is 15.0 Å². The summed E-state index contributed by atoms with van der Waals surface area (Å²) in [5.41, 5.74) is 6.80. The Morgan fingerprint density at radius 2 is 2.04 bits per heavy atom. The number of imidazole rings is 1. The number of nitrogens with one attached hydrogen (secondary N) is 1. The highest BCUT2D eigenvalue weighted by molar-refractivity contribution is 7.53. The first kappa shape index (κ1) is 20.2. The fourth-order valence-corrected chi connectivity index (χ4v) is 3.57. The van der Waals surface area contributed by atoms with Gasteiger partial charge in [-0.2, -0.15) is 4.98 Å². The monoisotopic (exact) mass is 407 g/mol. The second-order valence-corrected chi connectivity index (χ2v) is 8.06. The lowest BCUT2D eigenvalue weighted by atomic mass is 10.2. The van der Waals surface area contributed by atoms with Crippen LogP contribution in [0.3, 0.4) is 0 Å². The van der Waals surface area contributed by atoms with Crippen LogP contribution in [0.2, 0.25) is 0 Å². The minimum absolute atomic E-state index is 0.0101. The molecule has 150 valence electrons. The van der Waals surface area contributed by atoms with Crippen LogP contribution in [0.1, 0.15) is 5.56 Å². The highest BCUT2D eigenvalue weighted by atomic mass is 31.2. The van der Waals surface area contributed by atoms with E-state index in [1.54, 1.807) is 4.57 Å². The highest BCUT2D eigenvalue weighted by Gasteiger charge is 2.23. The Hall–Kier alpha value is -2.52. The average molecular weight is 407 g/mol. The van der Waals surface area contributed by atoms with Crippen molar-refractivity contribution in [2.24, 2.45) is 0 Å². The number of anilines is 1. The van der Waals surface area contributed by atoms with Gasteiger partial charge in [0.05, 0.1) is 19.5 Å². The fraction of sp³-hybridized carbons (Fsp3) is 0.353. The average Bonchev–Trinajstić information content (AvgIpc) is 3.09. The molecule has 0 amide bonds. The van der Waals surface area contributed by atoms with E-state index in [0.29, 0.717) is 18.6 Å². The van der Waals surface area contributed by atoms with Crippen molar-refractivity contribution >= 4 is 24.7 Å². The molecule has 2 aromatic heterocycles. The van der Waals surface area contributed by atoms with E-state index in [4.69, 9.17) is 19.5 Å². The number of hydrogen-bond donors (Lipinski definition) is 2. The van der Waals surface area contributed by atoms with Crippen LogP contribution in [0.25, 0.3) is 11.2 Å². The van der Waals surface area contributed by atoms with Gasteiger partial charge in [0.1, 0.15) is 6.35 Å². The predicted octanol–water partition coefficient (Wildman–Crippen LogP) is 1.77. The minimum Gasteiger partial charge on any atom is -0.369 e. The lowest BCUT2D eigenvalue weighted by Crippen LogP contribution is -2.13. The maximum atomic E-state index is 12.6. The topological polar surface area (TPSA) is 134 Å². The number of hydrogen-bond acceptors (Lipinski definition) is 8. The zero-order valence-electron chi connectivity index (χ0n) is 15.4. The number of rotatable bonds is 10. The summed E-state index contributed by atoms with van der Waals surface area (Å²) in [5.74, 6) is 0.0101. The van der Waals surface area contributed by atoms with Crippen molar-refractivity contribution in [3.05, 3.63) is 52.6 Å². The number of ether oxygens (including phenoxy) is 1. The molecule has 3 rings (SSSR count). The van der Waals surface area contributed by atoms with Crippen LogP contribution in [0.4, 0.5) is 5.95 Å². The molecule has 0 aliphatic carbocycles. The summed E-state index contributed by atoms with van der Waals surface area (Å²) >= 11 is 0. The molecule has 1 atom stereocenters. The first-order valence-electron chi connectivity index (χ1n) is 8.62. The summed E-state index contributed by atoms with van der Waals surface area (Å²) in [6.07, 6.45) is 1.92. The number of aromatic amines is 1. The first-order valence-corrected chi connectivity index (χ1v) is 10.4. The van der Waals surface area contributed by atoms with Gasteiger partial charge in [0.25, 0.3) is 5.56 Å². The van der Waals surface area contributed by atoms with Crippen molar-refractivity contribution in [1.82, 2.24) is 19.5 Å². The van der Waals surface area contributed by atoms with E-state index in [0.717, 1.165) is 5.56 Å². The van der Waals surface area contributed by atoms with Gasteiger partial charge in [-0.15, -0.1) is 0 Å². The molecule has 1 aromatic carbocycles. The second-order valence-electron chi connectivity index (χ2n) is 5.96. The summed E-state index contributed by atoms with van der Waals surface area (Å²) in [7, 11) is -2.02. The third-order valence-electron chi connectivity index (χ3n) is 4.02. The van der Waals surface area contributed by atoms with Crippen LogP contribution in [0.15, 0.2) is 41.5 Å². The largest absolute Gasteiger partial charge is 0.369 e. The molecule has 0 radical (unpaired) electrons. The molecule has 3 aromatic rings. The Bertz CT molecular complexity index is 1020. The van der Waals surface area contributed by atoms with Crippen molar-refractivity contribution < 1.29 is 18.3 Å². The number of aromatic nitrogens is 4. The van der Waals surface area contributed by atoms with Gasteiger partial charge in [-0.05, 0) is 12.0 Å². The van der Waals surface area contributed by atoms with Crippen LogP contribution < -0.4 is 11.3 Å². The Balaban J connectivity index is 1.49. The van der Waals surface area contributed by atoms with Gasteiger partial charge >= 0.3 is 7.60 Å². The number of nitrogens with two attached hydrogens (primary N) is 1. The highest BCUT2D eigenvalue weighted by Crippen LogP contribution is 2.47. The smallest absolute Gasteiger partial charge is 0.355 e. The molecule has 0 spiro atoms. The Morgan fingerprint density at radius 1 is 1.25 bits per heavy atom. The molecule has 1 unspecified atom stereocenters. The molecule has 0 bridgehead atoms. The van der Waals surface area contributed by atoms with E-state index in [9.17, 15) is 9.36 Å². The maximum Gasteiger partial charge on any atom is 0.355 e. The number of nitrogens with zero attached hydrogens (tertiary/aromatic N) is 3. The van der Waals surface area contributed by atoms with Crippen molar-refractivity contribution in [3.63, 3.8) is 0 Å². The predicted molar refractivity (Wildman–Crippen MR) is 104 cm³/mol. The first-order chi connectivity index (χ1) is 13.5. The molecule has 3 N–H and O–H groups in total. The third kappa shape index (κ3) is 5.05. The van der Waals surface area contributed by atoms with E-state index >= 15 is 0 Å². The minimum atomic E-state index is -3.35. The van der Waals surface area contributed by atoms with Gasteiger partial charge in [-0.25, -0.2) is 4.98 Å². The molecule has 2 heterocycles. The Morgan fingerprint density at radius 3 is 2.79 bits per heavy atom. The summed E-state index contributed by atoms with van der Waals surface area (Å²) in [5, 5.41) is 0. The summed E-state index contributed by atoms with van der Waals surface area (Å²) < 4.78 is 30.1. The zero-order chi connectivity index (χ0) is 20.0. The standard InChI is InChI=1S/C17H22N5O5P/c1-25-28(24,27-9-7-13-5-3-2-4-6-13)12-26-10-8-22-11-19-14-15(22)20-17(18)21-16(14)23/h2-6,11H,7-10,12H2,1H3,(H3,18,20,21,23). The molecule has 0 saturated carbocycles. The SMILES string of the molecule is COP(=O)(COCCn1cnc2c(=O)[nH]c(N)nc21)OCCc1ccccc1. The van der Waals surface area contributed by atoms with Crippen LogP contribution in [-0.2, 0) is 31.3 Å². The molecule has 0 saturated heterocycles. The van der Waals surface area contributed by atoms with E-state index < -0.39 is 13.2 Å². The van der Waals surface area contributed by atoms with Crippen LogP contribution in [-0.4, -0.2) is 46.2 Å². The quantitative estimate of drug-likeness (QED) is 0.384. The second kappa shape index (κ2) is 9.11. The summed E-state index contributed by atoms with van der Waals surface area (Å²) in [4.78, 5) is 22.2. The van der Waals surface area contributed by atoms with Gasteiger partial charge in [-0.3, -0.25) is 14.3 Å². The molecule has 0 aliphatic rings. The normalized spacial score (nSPS) is 13.6. The maximum absolute atomic E-state index is 12.6. The van der Waals surface area contributed by atoms with Gasteiger partial charge in [0, 0.05) is 13.7 Å². The van der Waals surface area contributed by atoms with Crippen molar-refractivity contribution in [2.75, 3.05) is 32.4 Å². The lowest BCUT2D eigenvalue weighted by molar-refractivity contribution is 0.131. The van der Waals surface area contributed by atoms with E-state index in [-0.39, 0.29) is 31.0 Å². The van der Waals surface area contributed by atoms with E-state index in [1.165, 1.54) is 13.4 Å². The van der Waals surface area contributed by atoms with E-state index in [1.807, 2.05) is 30.3 Å². The summed E-state index contributed by atoms with van der Waals surface area (Å²) in [6, 6.07) is 9.74. The van der Waals surface area contributed by atoms with Crippen molar-refractivity contribution in [1.29, 1.82) is 0 Å². The molecule has 11 heteroatoms. The number of nitrogen functional groups attached to an aromatic ring is 1. The Labute approximate surface area is 161 Å². The van der Waals surface area contributed by atoms with Crippen molar-refractivity contribution in [2.45, 2.75) is 13.0 Å². The Kier molecular flexibility index (Phi) is 6.58. The van der Waals surface area contributed by atoms with Crippen LogP contribution in [0.5, 0.6) is 0 Å². The molecule has 28 heavy (non-hydrogen) atoms. The lowest BCUT2D eigenvalue weighted by Gasteiger charge is -2.16. The van der Waals surface area contributed by atoms with Gasteiger partial charge in [0.2, 0.25) is 5.95 Å². The van der Waals surface area contributed by atoms with Crippen molar-refractivity contribution in [3.8, 4) is 0 Å². The number of benzene rings is 1. The fourth-order valence-electron chi connectivity index (χ4n) is 2.56. The number of H-pyrrole nitrogens is 1. The molecule has 0 fully saturated rings. The molecule has 0 aliphatic heterocycles. The van der Waals surface area contributed by atoms with Gasteiger partial charge in [0.15, 0.2) is 11.2 Å². The molecule has 10 nitrogen and oxygen atoms in total. The number of fused-ring (bicyclic) bond motifs is 1.